The molecule has 0 bridgehead atoms. The molecule has 0 saturated carbocycles. The van der Waals surface area contributed by atoms with Gasteiger partial charge in [-0.25, -0.2) is 15.3 Å². The number of rotatable bonds is 4. The Morgan fingerprint density at radius 2 is 1.88 bits per heavy atom. The van der Waals surface area contributed by atoms with E-state index in [1.54, 1.807) is 30.3 Å². The summed E-state index contributed by atoms with van der Waals surface area (Å²) in [5.41, 5.74) is 2.44. The number of hydrazone groups is 1. The van der Waals surface area contributed by atoms with Crippen molar-refractivity contribution in [2.45, 2.75) is 12.3 Å². The number of hydrogen-bond donors (Lipinski definition) is 1. The first kappa shape index (κ1) is 21.3. The van der Waals surface area contributed by atoms with Gasteiger partial charge in [-0.3, -0.25) is 19.2 Å². The van der Waals surface area contributed by atoms with E-state index < -0.39 is 35.8 Å². The Hall–Kier alpha value is -3.94. The highest BCUT2D eigenvalue weighted by Crippen LogP contribution is 2.33. The van der Waals surface area contributed by atoms with E-state index in [9.17, 15) is 19.2 Å². The Bertz CT molecular complexity index is 1310. The molecule has 0 radical (unpaired) electrons. The summed E-state index contributed by atoms with van der Waals surface area (Å²) in [6.45, 7) is 0. The number of aromatic nitrogens is 1. The van der Waals surface area contributed by atoms with Crippen LogP contribution in [0.1, 0.15) is 17.3 Å². The van der Waals surface area contributed by atoms with Crippen LogP contribution in [0.25, 0.3) is 10.2 Å². The van der Waals surface area contributed by atoms with Gasteiger partial charge in [0.1, 0.15) is 23.1 Å². The van der Waals surface area contributed by atoms with Crippen LogP contribution in [0.2, 0.25) is 5.02 Å². The molecule has 2 aromatic carbocycles. The topological polar surface area (TPSA) is 133 Å². The molecule has 1 unspecified atom stereocenters. The number of Topliss-reactive ketones (excluding diaryl/α,β-unsaturated/α-hetero) is 1. The molecule has 1 aliphatic rings. The summed E-state index contributed by atoms with van der Waals surface area (Å²) in [7, 11) is 0. The van der Waals surface area contributed by atoms with Crippen molar-refractivity contribution in [2.24, 2.45) is 5.10 Å². The van der Waals surface area contributed by atoms with Crippen LogP contribution < -0.4 is 10.3 Å². The van der Waals surface area contributed by atoms with E-state index >= 15 is 0 Å². The number of benzene rings is 2. The fourth-order valence-corrected chi connectivity index (χ4v) is 4.30. The fraction of sp³-hybridized carbons (Fsp3) is 0.0952. The molecule has 9 nitrogen and oxygen atoms in total. The summed E-state index contributed by atoms with van der Waals surface area (Å²) >= 11 is 7.02. The number of carbonyl (C=O) groups is 4. The van der Waals surface area contributed by atoms with E-state index in [1.165, 1.54) is 24.3 Å². The molecular weight excluding hydrogens is 454 g/mol. The first-order valence-electron chi connectivity index (χ1n) is 9.17. The van der Waals surface area contributed by atoms with Gasteiger partial charge in [-0.2, -0.15) is 10.4 Å². The summed E-state index contributed by atoms with van der Waals surface area (Å²) in [4.78, 5) is 56.2. The molecule has 1 aromatic heterocycles. The molecule has 1 saturated heterocycles. The van der Waals surface area contributed by atoms with Gasteiger partial charge in [-0.15, -0.1) is 11.3 Å². The fourth-order valence-electron chi connectivity index (χ4n) is 3.10. The van der Waals surface area contributed by atoms with Gasteiger partial charge in [0, 0.05) is 5.02 Å². The Balaban J connectivity index is 1.81. The highest BCUT2D eigenvalue weighted by atomic mass is 35.5. The number of piperidine rings is 1. The maximum absolute atomic E-state index is 13.3. The summed E-state index contributed by atoms with van der Waals surface area (Å²) in [6, 6.07) is 14.5. The molecule has 11 heteroatoms. The lowest BCUT2D eigenvalue weighted by molar-refractivity contribution is -0.139. The number of ketones is 1. The maximum atomic E-state index is 13.3. The lowest BCUT2D eigenvalue weighted by Gasteiger charge is -2.29. The SMILES string of the molecule is N#CCC(=O)N/N=C1/C(=O)N(c2ccc(Cl)cc2)C(=O)C(=O)C1c1nc2ccccc2s1. The molecular formula is C21H12ClN5O4S. The minimum Gasteiger partial charge on any atom is -0.287 e. The summed E-state index contributed by atoms with van der Waals surface area (Å²) in [5, 5.41) is 13.1. The molecule has 3 aromatic rings. The van der Waals surface area contributed by atoms with Gasteiger partial charge < -0.3 is 0 Å². The predicted molar refractivity (Wildman–Crippen MR) is 117 cm³/mol. The van der Waals surface area contributed by atoms with E-state index in [0.717, 1.165) is 16.0 Å². The third-order valence-electron chi connectivity index (χ3n) is 4.55. The number of nitrogens with one attached hydrogen (secondary N) is 1. The van der Waals surface area contributed by atoms with Crippen LogP contribution in [0.5, 0.6) is 0 Å². The summed E-state index contributed by atoms with van der Waals surface area (Å²) in [6.07, 6.45) is -0.495. The molecule has 1 fully saturated rings. The molecule has 0 spiro atoms. The smallest absolute Gasteiger partial charge is 0.287 e. The largest absolute Gasteiger partial charge is 0.302 e. The van der Waals surface area contributed by atoms with Gasteiger partial charge in [0.25, 0.3) is 11.8 Å². The zero-order chi connectivity index (χ0) is 22.8. The van der Waals surface area contributed by atoms with Crippen molar-refractivity contribution in [3.8, 4) is 6.07 Å². The number of amides is 3. The first-order valence-corrected chi connectivity index (χ1v) is 10.4. The molecule has 32 heavy (non-hydrogen) atoms. The zero-order valence-electron chi connectivity index (χ0n) is 16.1. The normalized spacial score (nSPS) is 17.6. The van der Waals surface area contributed by atoms with Gasteiger partial charge in [-0.1, -0.05) is 23.7 Å². The van der Waals surface area contributed by atoms with Crippen molar-refractivity contribution >= 4 is 68.1 Å². The second kappa shape index (κ2) is 8.66. The maximum Gasteiger partial charge on any atom is 0.302 e. The minimum absolute atomic E-state index is 0.122. The van der Waals surface area contributed by atoms with Crippen LogP contribution in [0, 0.1) is 11.3 Å². The predicted octanol–water partition coefficient (Wildman–Crippen LogP) is 2.56. The number of thiazole rings is 1. The van der Waals surface area contributed by atoms with E-state index in [1.807, 2.05) is 0 Å². The molecule has 0 aliphatic carbocycles. The van der Waals surface area contributed by atoms with Crippen LogP contribution >= 0.6 is 22.9 Å². The minimum atomic E-state index is -1.39. The van der Waals surface area contributed by atoms with Crippen molar-refractivity contribution in [1.29, 1.82) is 5.26 Å². The number of imide groups is 1. The number of fused-ring (bicyclic) bond motifs is 1. The highest BCUT2D eigenvalue weighted by Gasteiger charge is 2.48. The Kier molecular flexibility index (Phi) is 5.77. The van der Waals surface area contributed by atoms with Gasteiger partial charge in [-0.05, 0) is 36.4 Å². The van der Waals surface area contributed by atoms with Crippen LogP contribution in [-0.2, 0) is 19.2 Å². The second-order valence-corrected chi connectivity index (χ2v) is 8.10. The molecule has 1 atom stereocenters. The number of halogens is 1. The standard InChI is InChI=1S/C21H12ClN5O4S/c22-11-5-7-12(8-6-11)27-20(30)17(26-25-15(28)9-10-23)16(18(29)21(27)31)19-24-13-3-1-2-4-14(13)32-19/h1-8,16H,9H2,(H,25,28)/b26-17+. The van der Waals surface area contributed by atoms with Gasteiger partial charge in [0.2, 0.25) is 5.78 Å². The number of nitriles is 1. The highest BCUT2D eigenvalue weighted by molar-refractivity contribution is 7.19. The first-order chi connectivity index (χ1) is 15.4. The lowest BCUT2D eigenvalue weighted by Crippen LogP contribution is -2.55. The monoisotopic (exact) mass is 465 g/mol. The van der Waals surface area contributed by atoms with Crippen molar-refractivity contribution in [2.75, 3.05) is 4.90 Å². The Labute approximate surface area is 189 Å². The molecule has 1 N–H and O–H groups in total. The van der Waals surface area contributed by atoms with E-state index in [2.05, 4.69) is 15.5 Å². The Morgan fingerprint density at radius 1 is 1.16 bits per heavy atom. The molecule has 3 amide bonds. The number of carbonyl (C=O) groups excluding carboxylic acids is 4. The third kappa shape index (κ3) is 3.87. The number of hydrogen-bond acceptors (Lipinski definition) is 8. The van der Waals surface area contributed by atoms with E-state index in [0.29, 0.717) is 15.4 Å². The Morgan fingerprint density at radius 3 is 2.56 bits per heavy atom. The van der Waals surface area contributed by atoms with Gasteiger partial charge in [0.05, 0.1) is 22.0 Å². The average molecular weight is 466 g/mol. The number of anilines is 1. The van der Waals surface area contributed by atoms with Gasteiger partial charge >= 0.3 is 5.91 Å². The van der Waals surface area contributed by atoms with E-state index in [-0.39, 0.29) is 16.4 Å². The van der Waals surface area contributed by atoms with Crippen molar-refractivity contribution in [3.63, 3.8) is 0 Å². The quantitative estimate of drug-likeness (QED) is 0.357. The molecule has 2 heterocycles. The van der Waals surface area contributed by atoms with Crippen molar-refractivity contribution in [3.05, 3.63) is 58.6 Å². The van der Waals surface area contributed by atoms with E-state index in [4.69, 9.17) is 16.9 Å². The lowest BCUT2D eigenvalue weighted by atomic mass is 9.92. The van der Waals surface area contributed by atoms with Crippen molar-refractivity contribution in [1.82, 2.24) is 10.4 Å². The molecule has 1 aliphatic heterocycles. The summed E-state index contributed by atoms with van der Waals surface area (Å²) < 4.78 is 0.753. The third-order valence-corrected chi connectivity index (χ3v) is 5.91. The zero-order valence-corrected chi connectivity index (χ0v) is 17.7. The van der Waals surface area contributed by atoms with Gasteiger partial charge in [0.15, 0.2) is 0 Å². The van der Waals surface area contributed by atoms with Crippen LogP contribution in [0.15, 0.2) is 53.6 Å². The van der Waals surface area contributed by atoms with Crippen LogP contribution in [0.3, 0.4) is 0 Å². The van der Waals surface area contributed by atoms with Crippen LogP contribution in [-0.4, -0.2) is 34.2 Å². The average Bonchev–Trinajstić information content (AvgIpc) is 3.20. The van der Waals surface area contributed by atoms with Crippen molar-refractivity contribution < 1.29 is 19.2 Å². The molecule has 158 valence electrons. The van der Waals surface area contributed by atoms with Crippen LogP contribution in [0.4, 0.5) is 5.69 Å². The summed E-state index contributed by atoms with van der Waals surface area (Å²) in [5.74, 6) is -5.02. The number of para-hydroxylation sites is 1. The second-order valence-electron chi connectivity index (χ2n) is 6.61. The molecule has 4 rings (SSSR count). The number of nitrogens with zero attached hydrogens (tertiary/aromatic N) is 4.